The fourth-order valence-corrected chi connectivity index (χ4v) is 1.49. The van der Waals surface area contributed by atoms with E-state index in [1.165, 1.54) is 5.57 Å². The number of allylic oxidation sites excluding steroid dienone is 2. The van der Waals surface area contributed by atoms with E-state index in [1.807, 2.05) is 0 Å². The maximum absolute atomic E-state index is 10.6. The van der Waals surface area contributed by atoms with Gasteiger partial charge in [-0.1, -0.05) is 19.4 Å². The molecule has 0 aromatic heterocycles. The molecule has 0 bridgehead atoms. The van der Waals surface area contributed by atoms with Gasteiger partial charge in [0.25, 0.3) is 0 Å². The molecular weight excluding hydrogens is 136 g/mol. The van der Waals surface area contributed by atoms with Crippen molar-refractivity contribution in [3.8, 4) is 0 Å². The molecule has 1 saturated carbocycles. The number of rotatable bonds is 2. The van der Waals surface area contributed by atoms with Crippen LogP contribution in [-0.2, 0) is 4.79 Å². The van der Waals surface area contributed by atoms with Crippen molar-refractivity contribution in [3.63, 3.8) is 0 Å². The Balaban J connectivity index is 2.34. The molecule has 1 aliphatic carbocycles. The van der Waals surface area contributed by atoms with Crippen LogP contribution in [0.25, 0.3) is 0 Å². The van der Waals surface area contributed by atoms with Crippen molar-refractivity contribution in [2.75, 3.05) is 0 Å². The van der Waals surface area contributed by atoms with Gasteiger partial charge in [-0.05, 0) is 37.7 Å². The van der Waals surface area contributed by atoms with E-state index >= 15 is 0 Å². The van der Waals surface area contributed by atoms with Crippen LogP contribution in [0.15, 0.2) is 11.6 Å². The minimum absolute atomic E-state index is 0.196. The summed E-state index contributed by atoms with van der Waals surface area (Å²) in [5, 5.41) is 0. The predicted octanol–water partition coefficient (Wildman–Crippen LogP) is 2.57. The zero-order valence-electron chi connectivity index (χ0n) is 7.55. The van der Waals surface area contributed by atoms with Crippen molar-refractivity contribution >= 4 is 5.78 Å². The molecule has 62 valence electrons. The summed E-state index contributed by atoms with van der Waals surface area (Å²) in [6.45, 7) is 6.11. The molecule has 0 amide bonds. The minimum atomic E-state index is 0.196. The molecule has 0 aromatic carbocycles. The summed E-state index contributed by atoms with van der Waals surface area (Å²) < 4.78 is 0. The predicted molar refractivity (Wildman–Crippen MR) is 46.3 cm³/mol. The standard InChI is InChI=1S/C10H16O/c1-7(2)10-5-9(6-10)4-8(3)11/h4,7,10H,5-6H2,1-3H3. The van der Waals surface area contributed by atoms with Gasteiger partial charge in [0.05, 0.1) is 0 Å². The van der Waals surface area contributed by atoms with E-state index in [-0.39, 0.29) is 5.78 Å². The number of hydrogen-bond donors (Lipinski definition) is 0. The maximum Gasteiger partial charge on any atom is 0.152 e. The lowest BCUT2D eigenvalue weighted by atomic mass is 9.73. The summed E-state index contributed by atoms with van der Waals surface area (Å²) >= 11 is 0. The molecule has 1 nitrogen and oxygen atoms in total. The van der Waals surface area contributed by atoms with Crippen molar-refractivity contribution < 1.29 is 4.79 Å². The van der Waals surface area contributed by atoms with Gasteiger partial charge in [-0.15, -0.1) is 0 Å². The molecule has 1 rings (SSSR count). The van der Waals surface area contributed by atoms with Gasteiger partial charge in [-0.3, -0.25) is 4.79 Å². The Morgan fingerprint density at radius 3 is 2.45 bits per heavy atom. The Bertz CT molecular complexity index is 181. The first-order chi connectivity index (χ1) is 5.09. The number of ketones is 1. The average molecular weight is 152 g/mol. The van der Waals surface area contributed by atoms with E-state index in [2.05, 4.69) is 13.8 Å². The molecule has 0 unspecified atom stereocenters. The summed E-state index contributed by atoms with van der Waals surface area (Å²) in [5.41, 5.74) is 1.34. The Morgan fingerprint density at radius 1 is 1.55 bits per heavy atom. The van der Waals surface area contributed by atoms with Crippen LogP contribution < -0.4 is 0 Å². The van der Waals surface area contributed by atoms with Gasteiger partial charge < -0.3 is 0 Å². The summed E-state index contributed by atoms with van der Waals surface area (Å²) in [6, 6.07) is 0. The Hall–Kier alpha value is -0.590. The fourth-order valence-electron chi connectivity index (χ4n) is 1.49. The molecule has 0 aromatic rings. The largest absolute Gasteiger partial charge is 0.295 e. The Kier molecular flexibility index (Phi) is 2.48. The van der Waals surface area contributed by atoms with Gasteiger partial charge in [-0.25, -0.2) is 0 Å². The van der Waals surface area contributed by atoms with E-state index in [4.69, 9.17) is 0 Å². The normalized spacial score (nSPS) is 23.3. The van der Waals surface area contributed by atoms with Crippen LogP contribution in [0.3, 0.4) is 0 Å². The lowest BCUT2D eigenvalue weighted by molar-refractivity contribution is -0.112. The maximum atomic E-state index is 10.6. The summed E-state index contributed by atoms with van der Waals surface area (Å²) in [7, 11) is 0. The molecule has 0 N–H and O–H groups in total. The lowest BCUT2D eigenvalue weighted by Crippen LogP contribution is -2.20. The van der Waals surface area contributed by atoms with Crippen LogP contribution in [0.4, 0.5) is 0 Å². The van der Waals surface area contributed by atoms with Gasteiger partial charge in [0.15, 0.2) is 5.78 Å². The highest BCUT2D eigenvalue weighted by molar-refractivity contribution is 5.88. The number of hydrogen-bond acceptors (Lipinski definition) is 1. The van der Waals surface area contributed by atoms with Crippen LogP contribution in [-0.4, -0.2) is 5.78 Å². The topological polar surface area (TPSA) is 17.1 Å². The number of carbonyl (C=O) groups is 1. The highest BCUT2D eigenvalue weighted by atomic mass is 16.1. The summed E-state index contributed by atoms with van der Waals surface area (Å²) in [4.78, 5) is 10.6. The van der Waals surface area contributed by atoms with E-state index in [0.29, 0.717) is 0 Å². The molecule has 0 atom stereocenters. The third kappa shape index (κ3) is 2.18. The highest BCUT2D eigenvalue weighted by Crippen LogP contribution is 2.37. The molecule has 0 heterocycles. The average Bonchev–Trinajstić information content (AvgIpc) is 1.75. The van der Waals surface area contributed by atoms with Gasteiger partial charge in [0.1, 0.15) is 0 Å². The Labute approximate surface area is 68.5 Å². The zero-order chi connectivity index (χ0) is 8.43. The van der Waals surface area contributed by atoms with Crippen molar-refractivity contribution in [2.24, 2.45) is 11.8 Å². The Morgan fingerprint density at radius 2 is 2.09 bits per heavy atom. The van der Waals surface area contributed by atoms with Gasteiger partial charge in [-0.2, -0.15) is 0 Å². The minimum Gasteiger partial charge on any atom is -0.295 e. The van der Waals surface area contributed by atoms with Crippen LogP contribution in [0.1, 0.15) is 33.6 Å². The molecule has 1 aliphatic rings. The number of carbonyl (C=O) groups excluding carboxylic acids is 1. The molecule has 0 spiro atoms. The summed E-state index contributed by atoms with van der Waals surface area (Å²) in [5.74, 6) is 1.81. The molecule has 0 aliphatic heterocycles. The van der Waals surface area contributed by atoms with Gasteiger partial charge in [0, 0.05) is 0 Å². The van der Waals surface area contributed by atoms with Crippen molar-refractivity contribution in [2.45, 2.75) is 33.6 Å². The van der Waals surface area contributed by atoms with E-state index in [1.54, 1.807) is 13.0 Å². The quantitative estimate of drug-likeness (QED) is 0.556. The van der Waals surface area contributed by atoms with Crippen LogP contribution in [0.5, 0.6) is 0 Å². The molecule has 1 heteroatoms. The first-order valence-electron chi connectivity index (χ1n) is 4.29. The molecular formula is C10H16O. The van der Waals surface area contributed by atoms with Crippen LogP contribution in [0.2, 0.25) is 0 Å². The fraction of sp³-hybridized carbons (Fsp3) is 0.700. The second kappa shape index (κ2) is 3.21. The molecule has 1 fully saturated rings. The van der Waals surface area contributed by atoms with Gasteiger partial charge >= 0.3 is 0 Å². The van der Waals surface area contributed by atoms with Crippen LogP contribution >= 0.6 is 0 Å². The second-order valence-corrected chi connectivity index (χ2v) is 3.83. The smallest absolute Gasteiger partial charge is 0.152 e. The van der Waals surface area contributed by atoms with E-state index in [0.717, 1.165) is 24.7 Å². The third-order valence-electron chi connectivity index (χ3n) is 2.40. The zero-order valence-corrected chi connectivity index (χ0v) is 7.55. The SMILES string of the molecule is CC(=O)C=C1CC(C(C)C)C1. The van der Waals surface area contributed by atoms with Crippen molar-refractivity contribution in [1.29, 1.82) is 0 Å². The second-order valence-electron chi connectivity index (χ2n) is 3.83. The molecule has 0 radical (unpaired) electrons. The summed E-state index contributed by atoms with van der Waals surface area (Å²) in [6.07, 6.45) is 4.09. The molecule has 0 saturated heterocycles. The first-order valence-corrected chi connectivity index (χ1v) is 4.29. The first kappa shape index (κ1) is 8.51. The lowest BCUT2D eigenvalue weighted by Gasteiger charge is -2.32. The third-order valence-corrected chi connectivity index (χ3v) is 2.40. The highest BCUT2D eigenvalue weighted by Gasteiger charge is 2.25. The monoisotopic (exact) mass is 152 g/mol. The molecule has 11 heavy (non-hydrogen) atoms. The van der Waals surface area contributed by atoms with Crippen molar-refractivity contribution in [3.05, 3.63) is 11.6 Å². The van der Waals surface area contributed by atoms with Gasteiger partial charge in [0.2, 0.25) is 0 Å². The van der Waals surface area contributed by atoms with Crippen molar-refractivity contribution in [1.82, 2.24) is 0 Å². The van der Waals surface area contributed by atoms with E-state index < -0.39 is 0 Å². The van der Waals surface area contributed by atoms with E-state index in [9.17, 15) is 4.79 Å². The van der Waals surface area contributed by atoms with Crippen LogP contribution in [0, 0.1) is 11.8 Å².